The second-order valence-corrected chi connectivity index (χ2v) is 10.1. The Labute approximate surface area is 194 Å². The number of aryl methyl sites for hydroxylation is 1. The van der Waals surface area contributed by atoms with E-state index >= 15 is 0 Å². The lowest BCUT2D eigenvalue weighted by molar-refractivity contribution is -0.139. The average Bonchev–Trinajstić information content (AvgIpc) is 3.58. The third-order valence-corrected chi connectivity index (χ3v) is 8.11. The lowest BCUT2D eigenvalue weighted by Gasteiger charge is -2.60. The van der Waals surface area contributed by atoms with Gasteiger partial charge in [0.05, 0.1) is 5.60 Å². The topological polar surface area (TPSA) is 110 Å². The zero-order valence-corrected chi connectivity index (χ0v) is 19.6. The Hall–Kier alpha value is -2.64. The third-order valence-electron chi connectivity index (χ3n) is 8.11. The number of aromatic hydroxyl groups is 1. The van der Waals surface area contributed by atoms with Crippen LogP contribution in [0.15, 0.2) is 41.1 Å². The molecule has 7 heteroatoms. The second kappa shape index (κ2) is 8.61. The Bertz CT molecular complexity index is 1030. The van der Waals surface area contributed by atoms with Gasteiger partial charge in [0.1, 0.15) is 5.75 Å². The van der Waals surface area contributed by atoms with E-state index in [-0.39, 0.29) is 23.8 Å². The molecule has 2 aliphatic carbocycles. The van der Waals surface area contributed by atoms with Gasteiger partial charge in [-0.05, 0) is 87.4 Å². The van der Waals surface area contributed by atoms with Crippen molar-refractivity contribution < 1.29 is 24.9 Å². The van der Waals surface area contributed by atoms with Gasteiger partial charge in [-0.2, -0.15) is 0 Å². The summed E-state index contributed by atoms with van der Waals surface area (Å²) < 4.78 is 0. The second-order valence-electron chi connectivity index (χ2n) is 10.1. The number of fused-ring (bicyclic) bond motifs is 1. The van der Waals surface area contributed by atoms with E-state index in [2.05, 4.69) is 17.1 Å². The van der Waals surface area contributed by atoms with Crippen LogP contribution >= 0.6 is 0 Å². The number of aliphatic hydroxyl groups is 1. The molecule has 178 valence electrons. The van der Waals surface area contributed by atoms with E-state index in [0.717, 1.165) is 24.2 Å². The summed E-state index contributed by atoms with van der Waals surface area (Å²) in [6.07, 6.45) is 5.85. The molecule has 1 heterocycles. The number of piperidine rings is 1. The minimum atomic E-state index is -1.21. The highest BCUT2D eigenvalue weighted by Gasteiger charge is 2.61. The number of likely N-dealkylation sites (tertiary alicyclic amines) is 1. The van der Waals surface area contributed by atoms with Gasteiger partial charge in [-0.3, -0.25) is 9.69 Å². The maximum absolute atomic E-state index is 12.5. The number of phenolic OH excluding ortho intramolecular Hbond substituents is 1. The van der Waals surface area contributed by atoms with Crippen LogP contribution in [0.1, 0.15) is 57.1 Å². The van der Waals surface area contributed by atoms with Gasteiger partial charge in [0.25, 0.3) is 0 Å². The molecule has 2 fully saturated rings. The molecule has 1 aromatic carbocycles. The summed E-state index contributed by atoms with van der Waals surface area (Å²) in [5.74, 6) is -0.222. The Balaban J connectivity index is 1.89. The molecular weight excluding hydrogens is 420 g/mol. The maximum atomic E-state index is 12.5. The first-order chi connectivity index (χ1) is 15.6. The van der Waals surface area contributed by atoms with Gasteiger partial charge in [-0.25, -0.2) is 4.79 Å². The van der Waals surface area contributed by atoms with Crippen molar-refractivity contribution in [3.05, 3.63) is 52.2 Å². The molecule has 1 aromatic rings. The van der Waals surface area contributed by atoms with E-state index in [9.17, 15) is 24.9 Å². The zero-order chi connectivity index (χ0) is 24.0. The van der Waals surface area contributed by atoms with Crippen LogP contribution in [0.4, 0.5) is 0 Å². The highest BCUT2D eigenvalue weighted by Crippen LogP contribution is 2.56. The summed E-state index contributed by atoms with van der Waals surface area (Å²) in [5, 5.41) is 35.1. The molecule has 3 aliphatic rings. The number of nitrogens with zero attached hydrogens (tertiary/aromatic N) is 1. The SMILES string of the molecule is C/C(=C\C1=C(NC=O)CC2(c3cc(O)ccc3C)CCN(CC3CC3)C(C)C2(O)C1)C(=O)O. The number of nitrogens with one attached hydrogen (secondary N) is 1. The minimum absolute atomic E-state index is 0.140. The molecule has 1 aliphatic heterocycles. The summed E-state index contributed by atoms with van der Waals surface area (Å²) in [6, 6.07) is 5.07. The molecule has 0 bridgehead atoms. The predicted octanol–water partition coefficient (Wildman–Crippen LogP) is 3.00. The van der Waals surface area contributed by atoms with E-state index in [4.69, 9.17) is 0 Å². The predicted molar refractivity (Wildman–Crippen MR) is 125 cm³/mol. The normalized spacial score (nSPS) is 30.7. The largest absolute Gasteiger partial charge is 0.508 e. The lowest BCUT2D eigenvalue weighted by Crippen LogP contribution is -2.69. The van der Waals surface area contributed by atoms with Crippen LogP contribution in [0.25, 0.3) is 0 Å². The molecule has 1 amide bonds. The first-order valence-corrected chi connectivity index (χ1v) is 11.7. The van der Waals surface area contributed by atoms with E-state index in [0.29, 0.717) is 36.4 Å². The summed E-state index contributed by atoms with van der Waals surface area (Å²) in [7, 11) is 0. The van der Waals surface area contributed by atoms with Crippen molar-refractivity contribution in [3.63, 3.8) is 0 Å². The van der Waals surface area contributed by atoms with Gasteiger partial charge in [0, 0.05) is 42.1 Å². The number of rotatable bonds is 7. The average molecular weight is 455 g/mol. The molecule has 7 nitrogen and oxygen atoms in total. The summed E-state index contributed by atoms with van der Waals surface area (Å²) in [4.78, 5) is 25.4. The quantitative estimate of drug-likeness (QED) is 0.372. The molecule has 0 spiro atoms. The van der Waals surface area contributed by atoms with Crippen LogP contribution in [-0.4, -0.2) is 57.3 Å². The summed E-state index contributed by atoms with van der Waals surface area (Å²) >= 11 is 0. The monoisotopic (exact) mass is 454 g/mol. The Morgan fingerprint density at radius 3 is 2.67 bits per heavy atom. The number of allylic oxidation sites excluding steroid dienone is 2. The van der Waals surface area contributed by atoms with Crippen LogP contribution in [-0.2, 0) is 15.0 Å². The van der Waals surface area contributed by atoms with Crippen molar-refractivity contribution in [1.82, 2.24) is 10.2 Å². The summed E-state index contributed by atoms with van der Waals surface area (Å²) in [6.45, 7) is 7.30. The highest BCUT2D eigenvalue weighted by atomic mass is 16.4. The van der Waals surface area contributed by atoms with Crippen molar-refractivity contribution in [2.45, 2.75) is 69.9 Å². The summed E-state index contributed by atoms with van der Waals surface area (Å²) in [5.41, 5.74) is 1.33. The van der Waals surface area contributed by atoms with E-state index < -0.39 is 17.0 Å². The van der Waals surface area contributed by atoms with Crippen molar-refractivity contribution in [2.24, 2.45) is 5.92 Å². The van der Waals surface area contributed by atoms with E-state index in [1.807, 2.05) is 13.0 Å². The van der Waals surface area contributed by atoms with Gasteiger partial charge >= 0.3 is 5.97 Å². The maximum Gasteiger partial charge on any atom is 0.331 e. The fraction of sp³-hybridized carbons (Fsp3) is 0.538. The number of hydrogen-bond donors (Lipinski definition) is 4. The van der Waals surface area contributed by atoms with Gasteiger partial charge in [-0.1, -0.05) is 6.07 Å². The number of phenols is 1. The number of aliphatic carboxylic acids is 1. The molecule has 3 unspecified atom stereocenters. The smallest absolute Gasteiger partial charge is 0.331 e. The van der Waals surface area contributed by atoms with Crippen molar-refractivity contribution in [2.75, 3.05) is 13.1 Å². The molecule has 1 saturated carbocycles. The number of carboxylic acid groups (broad SMARTS) is 1. The fourth-order valence-electron chi connectivity index (χ4n) is 5.96. The Morgan fingerprint density at radius 2 is 2.03 bits per heavy atom. The van der Waals surface area contributed by atoms with Crippen molar-refractivity contribution in [3.8, 4) is 5.75 Å². The molecule has 0 aromatic heterocycles. The number of hydrogen-bond acceptors (Lipinski definition) is 5. The number of amides is 1. The zero-order valence-electron chi connectivity index (χ0n) is 19.6. The van der Waals surface area contributed by atoms with Crippen LogP contribution in [0.2, 0.25) is 0 Å². The van der Waals surface area contributed by atoms with Gasteiger partial charge < -0.3 is 20.6 Å². The Kier molecular flexibility index (Phi) is 6.14. The highest BCUT2D eigenvalue weighted by molar-refractivity contribution is 5.86. The van der Waals surface area contributed by atoms with Crippen molar-refractivity contribution in [1.29, 1.82) is 0 Å². The molecule has 1 saturated heterocycles. The van der Waals surface area contributed by atoms with E-state index in [1.54, 1.807) is 18.2 Å². The van der Waals surface area contributed by atoms with Gasteiger partial charge in [0.2, 0.25) is 6.41 Å². The van der Waals surface area contributed by atoms with Crippen LogP contribution < -0.4 is 5.32 Å². The lowest BCUT2D eigenvalue weighted by atomic mass is 9.53. The minimum Gasteiger partial charge on any atom is -0.508 e. The number of carbonyl (C=O) groups excluding carboxylic acids is 1. The number of benzene rings is 1. The molecule has 4 N–H and O–H groups in total. The Morgan fingerprint density at radius 1 is 1.30 bits per heavy atom. The van der Waals surface area contributed by atoms with Crippen molar-refractivity contribution >= 4 is 12.4 Å². The third kappa shape index (κ3) is 4.08. The number of carboxylic acids is 1. The van der Waals surface area contributed by atoms with E-state index in [1.165, 1.54) is 19.8 Å². The van der Waals surface area contributed by atoms with Crippen LogP contribution in [0.3, 0.4) is 0 Å². The van der Waals surface area contributed by atoms with Gasteiger partial charge in [0.15, 0.2) is 0 Å². The molecule has 0 radical (unpaired) electrons. The standard InChI is InChI=1S/C26H34N2O5/c1-16-4-7-21(30)11-22(16)25-8-9-28(14-19-5-6-19)18(3)26(25,33)12-20(10-17(2)24(31)32)23(13-25)27-15-29/h4,7,10-11,15,18-19,30,33H,5-6,8-9,12-14H2,1-3H3,(H,27,29)(H,31,32)/b17-10+. The molecule has 33 heavy (non-hydrogen) atoms. The van der Waals surface area contributed by atoms with Crippen LogP contribution in [0, 0.1) is 12.8 Å². The molecule has 4 rings (SSSR count). The molecule has 3 atom stereocenters. The fourth-order valence-corrected chi connectivity index (χ4v) is 5.96. The van der Waals surface area contributed by atoms with Gasteiger partial charge in [-0.15, -0.1) is 0 Å². The number of carbonyl (C=O) groups is 2. The first-order valence-electron chi connectivity index (χ1n) is 11.7. The molecular formula is C26H34N2O5. The van der Waals surface area contributed by atoms with Crippen LogP contribution in [0.5, 0.6) is 5.75 Å². The first kappa shape index (κ1) is 23.5.